The Morgan fingerprint density at radius 3 is 2.66 bits per heavy atom. The summed E-state index contributed by atoms with van der Waals surface area (Å²) in [5.74, 6) is 1.14. The van der Waals surface area contributed by atoms with Crippen LogP contribution < -0.4 is 15.5 Å². The van der Waals surface area contributed by atoms with Crippen LogP contribution in [0.5, 0.6) is 0 Å². The molecule has 2 amide bonds. The van der Waals surface area contributed by atoms with Crippen LogP contribution in [0.4, 0.5) is 5.69 Å². The lowest BCUT2D eigenvalue weighted by Gasteiger charge is -2.26. The maximum Gasteiger partial charge on any atom is 0.229 e. The van der Waals surface area contributed by atoms with Gasteiger partial charge in [-0.25, -0.2) is 0 Å². The van der Waals surface area contributed by atoms with Crippen molar-refractivity contribution in [2.45, 2.75) is 58.0 Å². The third-order valence-corrected chi connectivity index (χ3v) is 5.63. The van der Waals surface area contributed by atoms with Gasteiger partial charge in [0.15, 0.2) is 5.96 Å². The van der Waals surface area contributed by atoms with E-state index in [1.54, 1.807) is 0 Å². The zero-order valence-corrected chi connectivity index (χ0v) is 17.6. The highest BCUT2D eigenvalue weighted by Gasteiger charge is 2.31. The number of hydrogen-bond donors (Lipinski definition) is 2. The van der Waals surface area contributed by atoms with Gasteiger partial charge in [0.25, 0.3) is 0 Å². The van der Waals surface area contributed by atoms with E-state index in [9.17, 15) is 9.59 Å². The van der Waals surface area contributed by atoms with Gasteiger partial charge in [-0.15, -0.1) is 0 Å². The number of para-hydroxylation sites is 1. The maximum absolute atomic E-state index is 12.4. The van der Waals surface area contributed by atoms with E-state index in [-0.39, 0.29) is 23.9 Å². The van der Waals surface area contributed by atoms with Crippen molar-refractivity contribution in [1.82, 2.24) is 15.5 Å². The quantitative estimate of drug-likeness (QED) is 0.519. The fraction of sp³-hybridized carbons (Fsp3) is 0.591. The molecule has 2 N–H and O–H groups in total. The van der Waals surface area contributed by atoms with Crippen molar-refractivity contribution in [2.75, 3.05) is 31.1 Å². The molecule has 0 saturated carbocycles. The number of aliphatic imine (C=N–C) groups is 1. The summed E-state index contributed by atoms with van der Waals surface area (Å²) in [5.41, 5.74) is 0.935. The van der Waals surface area contributed by atoms with Crippen molar-refractivity contribution in [2.24, 2.45) is 4.99 Å². The average molecular weight is 400 g/mol. The zero-order valence-electron chi connectivity index (χ0n) is 17.6. The SMILES string of the molecule is CCNC(=NCCC(CC)N1CCCC1=O)NC1CC(=O)N(c2ccccc2)C1. The highest BCUT2D eigenvalue weighted by Crippen LogP contribution is 2.21. The van der Waals surface area contributed by atoms with E-state index in [4.69, 9.17) is 4.99 Å². The summed E-state index contributed by atoms with van der Waals surface area (Å²) in [6, 6.07) is 10.1. The van der Waals surface area contributed by atoms with Crippen molar-refractivity contribution < 1.29 is 9.59 Å². The number of anilines is 1. The average Bonchev–Trinajstić information content (AvgIpc) is 3.31. The van der Waals surface area contributed by atoms with Crippen molar-refractivity contribution in [3.63, 3.8) is 0 Å². The monoisotopic (exact) mass is 399 g/mol. The third kappa shape index (κ3) is 5.49. The molecule has 1 aromatic rings. The van der Waals surface area contributed by atoms with Gasteiger partial charge < -0.3 is 20.4 Å². The number of carbonyl (C=O) groups excluding carboxylic acids is 2. The number of amides is 2. The van der Waals surface area contributed by atoms with Crippen LogP contribution >= 0.6 is 0 Å². The first-order valence-corrected chi connectivity index (χ1v) is 10.8. The van der Waals surface area contributed by atoms with Gasteiger partial charge in [0.05, 0.1) is 6.04 Å². The maximum atomic E-state index is 12.4. The summed E-state index contributed by atoms with van der Waals surface area (Å²) < 4.78 is 0. The largest absolute Gasteiger partial charge is 0.357 e. The number of rotatable bonds is 8. The van der Waals surface area contributed by atoms with Crippen molar-refractivity contribution in [3.8, 4) is 0 Å². The summed E-state index contributed by atoms with van der Waals surface area (Å²) in [6.07, 6.45) is 3.92. The Hall–Kier alpha value is -2.57. The van der Waals surface area contributed by atoms with Gasteiger partial charge in [0.2, 0.25) is 11.8 Å². The number of carbonyl (C=O) groups is 2. The first-order valence-electron chi connectivity index (χ1n) is 10.8. The van der Waals surface area contributed by atoms with Gasteiger partial charge in [-0.05, 0) is 38.3 Å². The molecule has 0 spiro atoms. The number of nitrogens with one attached hydrogen (secondary N) is 2. The normalized spacial score (nSPS) is 21.0. The van der Waals surface area contributed by atoms with E-state index in [0.29, 0.717) is 25.9 Å². The molecule has 0 radical (unpaired) electrons. The van der Waals surface area contributed by atoms with E-state index in [0.717, 1.165) is 44.0 Å². The highest BCUT2D eigenvalue weighted by molar-refractivity contribution is 5.97. The van der Waals surface area contributed by atoms with Crippen LogP contribution in [0, 0.1) is 0 Å². The molecular weight excluding hydrogens is 366 g/mol. The van der Waals surface area contributed by atoms with Gasteiger partial charge in [-0.3, -0.25) is 14.6 Å². The van der Waals surface area contributed by atoms with Crippen LogP contribution in [0.3, 0.4) is 0 Å². The minimum atomic E-state index is 0.0302. The molecule has 29 heavy (non-hydrogen) atoms. The van der Waals surface area contributed by atoms with Crippen LogP contribution in [0.2, 0.25) is 0 Å². The molecule has 7 heteroatoms. The van der Waals surface area contributed by atoms with Gasteiger partial charge in [-0.1, -0.05) is 25.1 Å². The van der Waals surface area contributed by atoms with Crippen molar-refractivity contribution in [3.05, 3.63) is 30.3 Å². The molecular formula is C22H33N5O2. The predicted molar refractivity (Wildman–Crippen MR) is 116 cm³/mol. The molecule has 0 bridgehead atoms. The lowest BCUT2D eigenvalue weighted by molar-refractivity contribution is -0.129. The van der Waals surface area contributed by atoms with Crippen LogP contribution in [0.15, 0.2) is 35.3 Å². The Morgan fingerprint density at radius 2 is 2.00 bits per heavy atom. The first kappa shape index (κ1) is 21.1. The second-order valence-electron chi connectivity index (χ2n) is 7.69. The summed E-state index contributed by atoms with van der Waals surface area (Å²) in [7, 11) is 0. The fourth-order valence-electron chi connectivity index (χ4n) is 4.14. The van der Waals surface area contributed by atoms with E-state index in [1.807, 2.05) is 47.1 Å². The molecule has 3 rings (SSSR count). The molecule has 2 fully saturated rings. The van der Waals surface area contributed by atoms with Gasteiger partial charge >= 0.3 is 0 Å². The molecule has 7 nitrogen and oxygen atoms in total. The first-order chi connectivity index (χ1) is 14.1. The highest BCUT2D eigenvalue weighted by atomic mass is 16.2. The van der Waals surface area contributed by atoms with Gasteiger partial charge in [0.1, 0.15) is 0 Å². The molecule has 2 aliphatic heterocycles. The topological polar surface area (TPSA) is 77.0 Å². The van der Waals surface area contributed by atoms with Crippen molar-refractivity contribution in [1.29, 1.82) is 0 Å². The Balaban J connectivity index is 1.55. The Morgan fingerprint density at radius 1 is 1.21 bits per heavy atom. The summed E-state index contributed by atoms with van der Waals surface area (Å²) in [4.78, 5) is 33.0. The van der Waals surface area contributed by atoms with Crippen LogP contribution in [0.1, 0.15) is 46.0 Å². The predicted octanol–water partition coefficient (Wildman–Crippen LogP) is 2.14. The number of benzene rings is 1. The number of guanidine groups is 1. The number of likely N-dealkylation sites (tertiary alicyclic amines) is 1. The van der Waals surface area contributed by atoms with Crippen LogP contribution in [-0.2, 0) is 9.59 Å². The number of nitrogens with zero attached hydrogens (tertiary/aromatic N) is 3. The van der Waals surface area contributed by atoms with Crippen LogP contribution in [-0.4, -0.2) is 60.9 Å². The van der Waals surface area contributed by atoms with E-state index in [2.05, 4.69) is 17.6 Å². The Bertz CT molecular complexity index is 721. The molecule has 1 aromatic carbocycles. The van der Waals surface area contributed by atoms with Gasteiger partial charge in [0, 0.05) is 50.7 Å². The molecule has 2 heterocycles. The minimum absolute atomic E-state index is 0.0302. The molecule has 158 valence electrons. The second kappa shape index (κ2) is 10.3. The van der Waals surface area contributed by atoms with Crippen LogP contribution in [0.25, 0.3) is 0 Å². The Kier molecular flexibility index (Phi) is 7.49. The third-order valence-electron chi connectivity index (χ3n) is 5.63. The molecule has 0 aliphatic carbocycles. The molecule has 2 unspecified atom stereocenters. The fourth-order valence-corrected chi connectivity index (χ4v) is 4.14. The summed E-state index contributed by atoms with van der Waals surface area (Å²) in [5, 5.41) is 6.69. The van der Waals surface area contributed by atoms with Crippen molar-refractivity contribution >= 4 is 23.5 Å². The van der Waals surface area contributed by atoms with E-state index < -0.39 is 0 Å². The Labute approximate surface area is 173 Å². The summed E-state index contributed by atoms with van der Waals surface area (Å²) in [6.45, 7) is 7.08. The number of hydrogen-bond acceptors (Lipinski definition) is 3. The standard InChI is InChI=1S/C22H33N5O2/c1-3-18(26-14-8-11-20(26)28)12-13-24-22(23-4-2)25-17-15-21(29)27(16-17)19-9-6-5-7-10-19/h5-7,9-10,17-18H,3-4,8,11-16H2,1-2H3,(H2,23,24,25). The summed E-state index contributed by atoms with van der Waals surface area (Å²) >= 11 is 0. The van der Waals surface area contributed by atoms with E-state index >= 15 is 0 Å². The molecule has 0 aromatic heterocycles. The molecule has 2 saturated heterocycles. The lowest BCUT2D eigenvalue weighted by atomic mass is 10.1. The zero-order chi connectivity index (χ0) is 20.6. The van der Waals surface area contributed by atoms with E-state index in [1.165, 1.54) is 0 Å². The lowest BCUT2D eigenvalue weighted by Crippen LogP contribution is -2.45. The minimum Gasteiger partial charge on any atom is -0.357 e. The molecule has 2 atom stereocenters. The second-order valence-corrected chi connectivity index (χ2v) is 7.69. The smallest absolute Gasteiger partial charge is 0.229 e. The molecule has 2 aliphatic rings. The van der Waals surface area contributed by atoms with Gasteiger partial charge in [-0.2, -0.15) is 0 Å².